The van der Waals surface area contributed by atoms with Gasteiger partial charge in [-0.15, -0.1) is 5.10 Å². The molecular formula is C7H15N5O. The van der Waals surface area contributed by atoms with Gasteiger partial charge in [-0.25, -0.2) is 4.68 Å². The van der Waals surface area contributed by atoms with Gasteiger partial charge in [0.1, 0.15) is 0 Å². The van der Waals surface area contributed by atoms with Gasteiger partial charge in [-0.3, -0.25) is 0 Å². The Hall–Kier alpha value is -1.01. The highest BCUT2D eigenvalue weighted by atomic mass is 16.5. The lowest BCUT2D eigenvalue weighted by molar-refractivity contribution is 0.135. The lowest BCUT2D eigenvalue weighted by atomic mass is 10.5. The average Bonchev–Trinajstić information content (AvgIpc) is 2.54. The molecule has 0 saturated heterocycles. The molecule has 6 nitrogen and oxygen atoms in total. The van der Waals surface area contributed by atoms with Gasteiger partial charge in [0, 0.05) is 6.61 Å². The fourth-order valence-electron chi connectivity index (χ4n) is 0.977. The largest absolute Gasteiger partial charge is 0.380 e. The van der Waals surface area contributed by atoms with Crippen molar-refractivity contribution in [1.29, 1.82) is 0 Å². The summed E-state index contributed by atoms with van der Waals surface area (Å²) in [7, 11) is 1.86. The van der Waals surface area contributed by atoms with Crippen LogP contribution in [0.15, 0.2) is 0 Å². The molecule has 6 heteroatoms. The van der Waals surface area contributed by atoms with Crippen LogP contribution in [-0.2, 0) is 17.8 Å². The topological polar surface area (TPSA) is 64.9 Å². The molecule has 0 spiro atoms. The van der Waals surface area contributed by atoms with Gasteiger partial charge >= 0.3 is 0 Å². The zero-order valence-corrected chi connectivity index (χ0v) is 8.03. The van der Waals surface area contributed by atoms with Gasteiger partial charge in [-0.2, -0.15) is 0 Å². The number of nitrogens with one attached hydrogen (secondary N) is 1. The monoisotopic (exact) mass is 185 g/mol. The maximum absolute atomic E-state index is 5.20. The third-order valence-corrected chi connectivity index (χ3v) is 1.59. The third kappa shape index (κ3) is 3.08. The van der Waals surface area contributed by atoms with Crippen LogP contribution in [-0.4, -0.2) is 40.5 Å². The minimum atomic E-state index is 0.651. The molecule has 0 aromatic carbocycles. The molecule has 0 aliphatic rings. The van der Waals surface area contributed by atoms with Gasteiger partial charge in [0.05, 0.1) is 19.7 Å². The van der Waals surface area contributed by atoms with Crippen molar-refractivity contribution in [3.8, 4) is 0 Å². The van der Waals surface area contributed by atoms with Crippen molar-refractivity contribution < 1.29 is 4.74 Å². The van der Waals surface area contributed by atoms with E-state index < -0.39 is 0 Å². The molecule has 0 saturated carbocycles. The molecule has 0 radical (unpaired) electrons. The Bertz CT molecular complexity index is 237. The summed E-state index contributed by atoms with van der Waals surface area (Å²) in [5, 5.41) is 14.3. The molecule has 0 fully saturated rings. The van der Waals surface area contributed by atoms with E-state index >= 15 is 0 Å². The summed E-state index contributed by atoms with van der Waals surface area (Å²) in [5.74, 6) is 0.835. The van der Waals surface area contributed by atoms with Crippen molar-refractivity contribution >= 4 is 0 Å². The standard InChI is InChI=1S/C7H15N5O/c1-3-13-5-4-12-7(6-8-2)9-10-11-12/h8H,3-6H2,1-2H3. The van der Waals surface area contributed by atoms with E-state index in [1.807, 2.05) is 14.0 Å². The molecule has 0 amide bonds. The zero-order valence-electron chi connectivity index (χ0n) is 8.03. The summed E-state index contributed by atoms with van der Waals surface area (Å²) in [6.07, 6.45) is 0. The zero-order chi connectivity index (χ0) is 9.52. The molecule has 1 aromatic rings. The van der Waals surface area contributed by atoms with E-state index in [4.69, 9.17) is 4.74 Å². The molecule has 74 valence electrons. The highest BCUT2D eigenvalue weighted by molar-refractivity contribution is 4.78. The lowest BCUT2D eigenvalue weighted by Crippen LogP contribution is -2.15. The van der Waals surface area contributed by atoms with E-state index in [2.05, 4.69) is 20.8 Å². The van der Waals surface area contributed by atoms with E-state index in [-0.39, 0.29) is 0 Å². The predicted molar refractivity (Wildman–Crippen MR) is 47.1 cm³/mol. The van der Waals surface area contributed by atoms with Crippen molar-refractivity contribution in [2.24, 2.45) is 0 Å². The fourth-order valence-corrected chi connectivity index (χ4v) is 0.977. The SMILES string of the molecule is CCOCCn1nnnc1CNC. The first-order chi connectivity index (χ1) is 6.38. The molecule has 0 aliphatic carbocycles. The fraction of sp³-hybridized carbons (Fsp3) is 0.857. The van der Waals surface area contributed by atoms with Gasteiger partial charge < -0.3 is 10.1 Å². The molecule has 0 bridgehead atoms. The number of aromatic nitrogens is 4. The summed E-state index contributed by atoms with van der Waals surface area (Å²) in [6.45, 7) is 4.73. The quantitative estimate of drug-likeness (QED) is 0.601. The normalized spacial score (nSPS) is 10.6. The second kappa shape index (κ2) is 5.60. The van der Waals surface area contributed by atoms with E-state index in [0.717, 1.165) is 12.4 Å². The number of hydrogen-bond donors (Lipinski definition) is 1. The highest BCUT2D eigenvalue weighted by Crippen LogP contribution is 1.91. The molecule has 1 aromatic heterocycles. The van der Waals surface area contributed by atoms with Crippen molar-refractivity contribution in [2.45, 2.75) is 20.0 Å². The molecule has 0 aliphatic heterocycles. The molecule has 0 unspecified atom stereocenters. The predicted octanol–water partition coefficient (Wildman–Crippen LogP) is -0.571. The Labute approximate surface area is 77.3 Å². The molecular weight excluding hydrogens is 170 g/mol. The van der Waals surface area contributed by atoms with Crippen LogP contribution in [0.5, 0.6) is 0 Å². The Morgan fingerprint density at radius 1 is 1.54 bits per heavy atom. The van der Waals surface area contributed by atoms with Crippen LogP contribution >= 0.6 is 0 Å². The molecule has 13 heavy (non-hydrogen) atoms. The first-order valence-electron chi connectivity index (χ1n) is 4.36. The van der Waals surface area contributed by atoms with Crippen molar-refractivity contribution in [1.82, 2.24) is 25.5 Å². The van der Waals surface area contributed by atoms with Crippen LogP contribution in [0.25, 0.3) is 0 Å². The number of nitrogens with zero attached hydrogens (tertiary/aromatic N) is 4. The second-order valence-electron chi connectivity index (χ2n) is 2.55. The smallest absolute Gasteiger partial charge is 0.165 e. The molecule has 0 atom stereocenters. The number of ether oxygens (including phenoxy) is 1. The number of rotatable bonds is 6. The highest BCUT2D eigenvalue weighted by Gasteiger charge is 2.03. The minimum Gasteiger partial charge on any atom is -0.380 e. The molecule has 1 rings (SSSR count). The lowest BCUT2D eigenvalue weighted by Gasteiger charge is -2.03. The molecule has 1 heterocycles. The van der Waals surface area contributed by atoms with Gasteiger partial charge in [-0.1, -0.05) is 0 Å². The van der Waals surface area contributed by atoms with Crippen molar-refractivity contribution in [3.63, 3.8) is 0 Å². The summed E-state index contributed by atoms with van der Waals surface area (Å²) in [5.41, 5.74) is 0. The van der Waals surface area contributed by atoms with E-state index in [9.17, 15) is 0 Å². The Morgan fingerprint density at radius 3 is 3.08 bits per heavy atom. The van der Waals surface area contributed by atoms with E-state index in [1.54, 1.807) is 4.68 Å². The number of tetrazole rings is 1. The van der Waals surface area contributed by atoms with Gasteiger partial charge in [-0.05, 0) is 24.4 Å². The first-order valence-corrected chi connectivity index (χ1v) is 4.36. The maximum atomic E-state index is 5.20. The van der Waals surface area contributed by atoms with Gasteiger partial charge in [0.2, 0.25) is 0 Å². The Kier molecular flexibility index (Phi) is 4.34. The average molecular weight is 185 g/mol. The first kappa shape index (κ1) is 10.1. The number of hydrogen-bond acceptors (Lipinski definition) is 5. The van der Waals surface area contributed by atoms with E-state index in [0.29, 0.717) is 19.7 Å². The summed E-state index contributed by atoms with van der Waals surface area (Å²) < 4.78 is 6.95. The van der Waals surface area contributed by atoms with Gasteiger partial charge in [0.15, 0.2) is 5.82 Å². The summed E-state index contributed by atoms with van der Waals surface area (Å²) in [4.78, 5) is 0. The van der Waals surface area contributed by atoms with E-state index in [1.165, 1.54) is 0 Å². The minimum absolute atomic E-state index is 0.651. The van der Waals surface area contributed by atoms with Gasteiger partial charge in [0.25, 0.3) is 0 Å². The second-order valence-corrected chi connectivity index (χ2v) is 2.55. The van der Waals surface area contributed by atoms with Crippen LogP contribution in [0.3, 0.4) is 0 Å². The van der Waals surface area contributed by atoms with Crippen LogP contribution in [0.2, 0.25) is 0 Å². The Morgan fingerprint density at radius 2 is 2.38 bits per heavy atom. The van der Waals surface area contributed by atoms with Crippen LogP contribution in [0.1, 0.15) is 12.7 Å². The Balaban J connectivity index is 2.40. The van der Waals surface area contributed by atoms with Crippen LogP contribution in [0, 0.1) is 0 Å². The summed E-state index contributed by atoms with van der Waals surface area (Å²) in [6, 6.07) is 0. The van der Waals surface area contributed by atoms with Crippen LogP contribution < -0.4 is 5.32 Å². The third-order valence-electron chi connectivity index (χ3n) is 1.59. The maximum Gasteiger partial charge on any atom is 0.165 e. The van der Waals surface area contributed by atoms with Crippen molar-refractivity contribution in [3.05, 3.63) is 5.82 Å². The molecule has 1 N–H and O–H groups in total. The summed E-state index contributed by atoms with van der Waals surface area (Å²) >= 11 is 0. The van der Waals surface area contributed by atoms with Crippen molar-refractivity contribution in [2.75, 3.05) is 20.3 Å². The van der Waals surface area contributed by atoms with Crippen LogP contribution in [0.4, 0.5) is 0 Å².